The second kappa shape index (κ2) is 25.1. The van der Waals surface area contributed by atoms with Gasteiger partial charge >= 0.3 is 34.6 Å². The number of ether oxygens (including phenoxy) is 3. The van der Waals surface area contributed by atoms with Crippen LogP contribution in [0, 0.1) is 11.3 Å². The number of hydrogen-bond acceptors (Lipinski definition) is 13. The monoisotopic (exact) mass is 1240 g/mol. The van der Waals surface area contributed by atoms with Crippen molar-refractivity contribution in [2.75, 3.05) is 19.8 Å². The van der Waals surface area contributed by atoms with Gasteiger partial charge in [0.15, 0.2) is 18.5 Å². The number of nitriles is 1. The molecule has 0 aliphatic carbocycles. The van der Waals surface area contributed by atoms with Crippen molar-refractivity contribution >= 4 is 147 Å². The van der Waals surface area contributed by atoms with Crippen LogP contribution in [0.3, 0.4) is 0 Å². The van der Waals surface area contributed by atoms with Crippen LogP contribution in [0.25, 0.3) is 52.2 Å². The Labute approximate surface area is 444 Å². The third-order valence-corrected chi connectivity index (χ3v) is 15.0. The molecule has 10 nitrogen and oxygen atoms in total. The van der Waals surface area contributed by atoms with E-state index in [-0.39, 0.29) is 29.6 Å². The largest absolute Gasteiger partial charge is 0.461 e. The topological polar surface area (TPSA) is 160 Å². The number of fused-ring (bicyclic) bond motifs is 4. The van der Waals surface area contributed by atoms with Crippen LogP contribution >= 0.6 is 81.8 Å². The molecule has 0 aliphatic rings. The molecule has 0 radical (unpaired) electrons. The van der Waals surface area contributed by atoms with Gasteiger partial charge in [-0.1, -0.05) is 86.5 Å². The average Bonchev–Trinajstić information content (AvgIpc) is 4.12. The molecule has 0 aliphatic heterocycles. The van der Waals surface area contributed by atoms with E-state index >= 15 is 0 Å². The number of nitrogens with zero attached hydrogens (tertiary/aromatic N) is 1. The average molecular weight is 1250 g/mol. The van der Waals surface area contributed by atoms with E-state index in [4.69, 9.17) is 0 Å². The van der Waals surface area contributed by atoms with Gasteiger partial charge < -0.3 is 24.4 Å². The lowest BCUT2D eigenvalue weighted by Crippen LogP contribution is -2.37. The molecule has 2 N–H and O–H groups in total. The van der Waals surface area contributed by atoms with E-state index in [1.165, 1.54) is 44.2 Å². The smallest absolute Gasteiger partial charge is 0.395 e. The van der Waals surface area contributed by atoms with Crippen molar-refractivity contribution in [3.8, 4) is 17.2 Å². The molecule has 2 unspecified atom stereocenters. The minimum absolute atomic E-state index is 0.0185. The summed E-state index contributed by atoms with van der Waals surface area (Å²) < 4.78 is 96.9. The Morgan fingerprint density at radius 1 is 0.597 bits per heavy atom. The summed E-state index contributed by atoms with van der Waals surface area (Å²) in [6.45, 7) is 3.89. The molecular weight excluding hydrogens is 1210 g/mol. The van der Waals surface area contributed by atoms with Gasteiger partial charge in [-0.2, -0.15) is 31.6 Å². The predicted octanol–water partition coefficient (Wildman–Crippen LogP) is 14.7. The summed E-state index contributed by atoms with van der Waals surface area (Å²) in [7, 11) is 0. The first-order chi connectivity index (χ1) is 34.0. The number of carbonyl (C=O) groups is 4. The van der Waals surface area contributed by atoms with Crippen LogP contribution in [0.1, 0.15) is 58.0 Å². The molecule has 0 fully saturated rings. The van der Waals surface area contributed by atoms with Crippen LogP contribution in [-0.4, -0.2) is 70.9 Å². The highest BCUT2D eigenvalue weighted by atomic mass is 79.9. The summed E-state index contributed by atoms with van der Waals surface area (Å²) in [5, 5.41) is 33.6. The summed E-state index contributed by atoms with van der Waals surface area (Å²) in [6, 6.07) is 34.8. The van der Waals surface area contributed by atoms with E-state index in [2.05, 4.69) is 52.1 Å². The summed E-state index contributed by atoms with van der Waals surface area (Å²) >= 11 is 12.1. The van der Waals surface area contributed by atoms with Crippen molar-refractivity contribution < 1.29 is 69.9 Å². The van der Waals surface area contributed by atoms with Gasteiger partial charge in [0.1, 0.15) is 0 Å². The number of carbonyl (C=O) groups excluding carboxylic acids is 4. The molecule has 8 aromatic rings. The quantitative estimate of drug-likeness (QED) is 0.0396. The fraction of sp³-hybridized carbons (Fsp3) is 0.220. The number of aldehydes is 1. The SMILES string of the molecule is CCOC(=O)C(F)(F)Br.CCOC(=O)C(F)(F)C(O)c1cc2c(-c3ccc(C#N)c4ccccc34)cccc2s1.CCOC(=O)C(F)(F)C(O)c1cc2c(Br)cccc2s1.O=Cc1cc2c(Br)cccc2s1. The fourth-order valence-corrected chi connectivity index (χ4v) is 11.1. The molecule has 0 amide bonds. The minimum atomic E-state index is -4.06. The number of benzene rings is 5. The molecule has 3 heterocycles. The van der Waals surface area contributed by atoms with Gasteiger partial charge in [0.25, 0.3) is 0 Å². The number of rotatable bonds is 12. The number of thiophene rings is 3. The summed E-state index contributed by atoms with van der Waals surface area (Å²) in [6.07, 6.45) is -3.64. The third kappa shape index (κ3) is 13.5. The molecule has 0 spiro atoms. The van der Waals surface area contributed by atoms with E-state index in [1.807, 2.05) is 76.6 Å². The van der Waals surface area contributed by atoms with E-state index in [0.29, 0.717) is 21.0 Å². The van der Waals surface area contributed by atoms with E-state index in [1.54, 1.807) is 36.4 Å². The fourth-order valence-electron chi connectivity index (χ4n) is 6.61. The van der Waals surface area contributed by atoms with E-state index in [9.17, 15) is 61.0 Å². The van der Waals surface area contributed by atoms with Gasteiger partial charge in [-0.15, -0.1) is 34.0 Å². The second-order valence-electron chi connectivity index (χ2n) is 14.6. The molecule has 378 valence electrons. The molecule has 2 atom stereocenters. The zero-order valence-corrected chi connectivity index (χ0v) is 44.8. The van der Waals surface area contributed by atoms with E-state index in [0.717, 1.165) is 79.5 Å². The maximum atomic E-state index is 14.4. The Morgan fingerprint density at radius 3 is 1.47 bits per heavy atom. The first kappa shape index (κ1) is 57.6. The van der Waals surface area contributed by atoms with Crippen molar-refractivity contribution in [3.05, 3.63) is 138 Å². The standard InChI is InChI=1S/C24H17F2NO3S.C13H11BrF2O3S.C9H5BrOS.C4H5BrF2O2/c1-2-30-23(29)24(25,26)22(28)21-12-19-17(8-5-9-20(19)31-21)18-11-10-14(13-27)15-6-3-4-7-16(15)18;1-2-19-12(18)13(15,16)11(17)10-6-7-8(14)4-3-5-9(7)20-10;10-8-2-1-3-9-7(8)4-6(5-11)12-9;1-2-9-3(8)4(5,6)7/h3-12,22,28H,2H2,1H3;3-6,11,17H,2H2,1H3;1-5H;2H2,1H3. The Hall–Kier alpha value is -5.25. The molecule has 8 rings (SSSR count). The maximum Gasteiger partial charge on any atom is 0.395 e. The predicted molar refractivity (Wildman–Crippen MR) is 278 cm³/mol. The number of halogens is 9. The van der Waals surface area contributed by atoms with Crippen LogP contribution in [0.2, 0.25) is 0 Å². The summed E-state index contributed by atoms with van der Waals surface area (Å²) in [5.41, 5.74) is 2.17. The number of hydrogen-bond donors (Lipinski definition) is 2. The molecule has 3 aromatic heterocycles. The van der Waals surface area contributed by atoms with Crippen molar-refractivity contribution in [1.29, 1.82) is 5.26 Å². The van der Waals surface area contributed by atoms with Crippen molar-refractivity contribution in [2.45, 2.75) is 49.7 Å². The highest BCUT2D eigenvalue weighted by Gasteiger charge is 2.50. The molecule has 0 saturated heterocycles. The second-order valence-corrected chi connectivity index (χ2v) is 20.7. The molecule has 22 heteroatoms. The Kier molecular flexibility index (Phi) is 20.1. The minimum Gasteiger partial charge on any atom is -0.461 e. The third-order valence-electron chi connectivity index (χ3n) is 9.91. The Bertz CT molecular complexity index is 3280. The van der Waals surface area contributed by atoms with E-state index < -0.39 is 46.8 Å². The molecule has 0 bridgehead atoms. The van der Waals surface area contributed by atoms with Crippen molar-refractivity contribution in [2.24, 2.45) is 0 Å². The Morgan fingerprint density at radius 2 is 1.03 bits per heavy atom. The molecule has 5 aromatic carbocycles. The van der Waals surface area contributed by atoms with Crippen LogP contribution in [-0.2, 0) is 28.6 Å². The number of esters is 3. The zero-order valence-electron chi connectivity index (χ0n) is 37.6. The first-order valence-electron chi connectivity index (χ1n) is 21.0. The van der Waals surface area contributed by atoms with Crippen molar-refractivity contribution in [3.63, 3.8) is 0 Å². The maximum absolute atomic E-state index is 14.4. The van der Waals surface area contributed by atoms with Crippen LogP contribution in [0.5, 0.6) is 0 Å². The van der Waals surface area contributed by atoms with Gasteiger partial charge in [0.05, 0.1) is 36.3 Å². The van der Waals surface area contributed by atoms with Gasteiger partial charge in [0.2, 0.25) is 0 Å². The highest BCUT2D eigenvalue weighted by Crippen LogP contribution is 2.44. The van der Waals surface area contributed by atoms with Crippen molar-refractivity contribution in [1.82, 2.24) is 0 Å². The molecule has 0 saturated carbocycles. The lowest BCUT2D eigenvalue weighted by molar-refractivity contribution is -0.189. The van der Waals surface area contributed by atoms with Gasteiger partial charge in [-0.25, -0.2) is 14.4 Å². The molecular formula is C50H38Br3F6NO9S3. The first-order valence-corrected chi connectivity index (χ1v) is 25.8. The van der Waals surface area contributed by atoms with Crippen LogP contribution in [0.15, 0.2) is 118 Å². The number of alkyl halides is 7. The highest BCUT2D eigenvalue weighted by molar-refractivity contribution is 9.11. The number of aliphatic hydroxyl groups is 2. The summed E-state index contributed by atoms with van der Waals surface area (Å²) in [5.74, 6) is -13.0. The lowest BCUT2D eigenvalue weighted by Gasteiger charge is -2.19. The van der Waals surface area contributed by atoms with Gasteiger partial charge in [0, 0.05) is 70.3 Å². The Balaban J connectivity index is 0.000000200. The number of aliphatic hydroxyl groups excluding tert-OH is 2. The zero-order chi connectivity index (χ0) is 53.1. The summed E-state index contributed by atoms with van der Waals surface area (Å²) in [4.78, 5) is 40.6. The lowest BCUT2D eigenvalue weighted by atomic mass is 9.93. The normalized spacial score (nSPS) is 12.3. The van der Waals surface area contributed by atoms with Crippen LogP contribution < -0.4 is 0 Å². The van der Waals surface area contributed by atoms with Gasteiger partial charge in [-0.05, 0) is 91.9 Å². The van der Waals surface area contributed by atoms with Crippen LogP contribution in [0.4, 0.5) is 26.3 Å². The molecule has 72 heavy (non-hydrogen) atoms. The van der Waals surface area contributed by atoms with Gasteiger partial charge in [-0.3, -0.25) is 4.79 Å².